The number of nitrogens with one attached hydrogen (secondary N) is 1. The van der Waals surface area contributed by atoms with Crippen LogP contribution in [0.15, 0.2) is 18.3 Å². The zero-order valence-corrected chi connectivity index (χ0v) is 14.2. The molecule has 2 saturated heterocycles. The highest BCUT2D eigenvalue weighted by molar-refractivity contribution is 5.97. The van der Waals surface area contributed by atoms with Gasteiger partial charge in [-0.15, -0.1) is 0 Å². The summed E-state index contributed by atoms with van der Waals surface area (Å²) in [7, 11) is 0. The summed E-state index contributed by atoms with van der Waals surface area (Å²) >= 11 is 0. The lowest BCUT2D eigenvalue weighted by Gasteiger charge is -2.27. The number of anilines is 2. The molecular formula is C17H24N4O3. The van der Waals surface area contributed by atoms with Crippen molar-refractivity contribution < 1.29 is 14.3 Å². The zero-order chi connectivity index (χ0) is 17.1. The second-order valence-corrected chi connectivity index (χ2v) is 6.53. The van der Waals surface area contributed by atoms with Crippen LogP contribution in [-0.4, -0.2) is 60.6 Å². The molecular weight excluding hydrogens is 308 g/mol. The van der Waals surface area contributed by atoms with Crippen LogP contribution in [0.25, 0.3) is 0 Å². The normalized spacial score (nSPS) is 21.5. The van der Waals surface area contributed by atoms with Gasteiger partial charge < -0.3 is 19.9 Å². The van der Waals surface area contributed by atoms with E-state index in [1.165, 1.54) is 0 Å². The van der Waals surface area contributed by atoms with E-state index < -0.39 is 0 Å². The van der Waals surface area contributed by atoms with Gasteiger partial charge in [0, 0.05) is 32.1 Å². The maximum atomic E-state index is 12.4. The monoisotopic (exact) mass is 332 g/mol. The Morgan fingerprint density at radius 2 is 2.08 bits per heavy atom. The first kappa shape index (κ1) is 16.7. The summed E-state index contributed by atoms with van der Waals surface area (Å²) in [5, 5.41) is 2.87. The smallest absolute Gasteiger partial charge is 0.229 e. The number of rotatable bonds is 4. The van der Waals surface area contributed by atoms with Crippen LogP contribution >= 0.6 is 0 Å². The number of carbonyl (C=O) groups excluding carboxylic acids is 2. The van der Waals surface area contributed by atoms with Crippen LogP contribution in [0, 0.1) is 5.92 Å². The summed E-state index contributed by atoms with van der Waals surface area (Å²) in [6.07, 6.45) is 1.95. The SMILES string of the molecule is CC(C)N1C[C@H](C(=O)Nc2ccc(N3CCOCC3)nc2)CC1=O. The largest absolute Gasteiger partial charge is 0.378 e. The first-order chi connectivity index (χ1) is 11.5. The van der Waals surface area contributed by atoms with E-state index in [9.17, 15) is 9.59 Å². The second kappa shape index (κ2) is 7.17. The molecule has 1 aromatic heterocycles. The van der Waals surface area contributed by atoms with Crippen molar-refractivity contribution in [2.45, 2.75) is 26.3 Å². The first-order valence-electron chi connectivity index (χ1n) is 8.43. The molecule has 3 rings (SSSR count). The maximum absolute atomic E-state index is 12.4. The number of hydrogen-bond donors (Lipinski definition) is 1. The lowest BCUT2D eigenvalue weighted by molar-refractivity contribution is -0.129. The van der Waals surface area contributed by atoms with Crippen molar-refractivity contribution in [3.05, 3.63) is 18.3 Å². The molecule has 1 N–H and O–H groups in total. The lowest BCUT2D eigenvalue weighted by atomic mass is 10.1. The van der Waals surface area contributed by atoms with E-state index in [0.717, 1.165) is 18.9 Å². The van der Waals surface area contributed by atoms with Gasteiger partial charge in [0.2, 0.25) is 11.8 Å². The summed E-state index contributed by atoms with van der Waals surface area (Å²) in [6, 6.07) is 3.89. The number of hydrogen-bond acceptors (Lipinski definition) is 5. The number of nitrogens with zero attached hydrogens (tertiary/aromatic N) is 3. The van der Waals surface area contributed by atoms with E-state index in [1.54, 1.807) is 11.1 Å². The van der Waals surface area contributed by atoms with E-state index in [4.69, 9.17) is 4.74 Å². The third kappa shape index (κ3) is 3.67. The van der Waals surface area contributed by atoms with E-state index in [-0.39, 0.29) is 30.2 Å². The topological polar surface area (TPSA) is 74.8 Å². The number of ether oxygens (including phenoxy) is 1. The minimum absolute atomic E-state index is 0.0472. The highest BCUT2D eigenvalue weighted by Gasteiger charge is 2.35. The molecule has 0 aliphatic carbocycles. The van der Waals surface area contributed by atoms with Gasteiger partial charge >= 0.3 is 0 Å². The van der Waals surface area contributed by atoms with Gasteiger partial charge in [-0.05, 0) is 26.0 Å². The Labute approximate surface area is 142 Å². The fraction of sp³-hybridized carbons (Fsp3) is 0.588. The average molecular weight is 332 g/mol. The van der Waals surface area contributed by atoms with Crippen molar-refractivity contribution in [2.24, 2.45) is 5.92 Å². The van der Waals surface area contributed by atoms with Crippen LogP contribution in [0.2, 0.25) is 0 Å². The Morgan fingerprint density at radius 1 is 1.33 bits per heavy atom. The average Bonchev–Trinajstić information content (AvgIpc) is 2.99. The predicted molar refractivity (Wildman–Crippen MR) is 90.9 cm³/mol. The molecule has 0 bridgehead atoms. The number of carbonyl (C=O) groups is 2. The minimum atomic E-state index is -0.293. The molecule has 2 fully saturated rings. The summed E-state index contributed by atoms with van der Waals surface area (Å²) in [5.41, 5.74) is 0.660. The summed E-state index contributed by atoms with van der Waals surface area (Å²) in [6.45, 7) is 7.49. The maximum Gasteiger partial charge on any atom is 0.229 e. The molecule has 0 saturated carbocycles. The molecule has 0 spiro atoms. The van der Waals surface area contributed by atoms with Crippen molar-refractivity contribution in [3.8, 4) is 0 Å². The molecule has 0 radical (unpaired) electrons. The molecule has 2 aliphatic rings. The zero-order valence-electron chi connectivity index (χ0n) is 14.2. The van der Waals surface area contributed by atoms with Crippen molar-refractivity contribution in [3.63, 3.8) is 0 Å². The lowest BCUT2D eigenvalue weighted by Crippen LogP contribution is -2.36. The van der Waals surface area contributed by atoms with Gasteiger partial charge in [-0.2, -0.15) is 0 Å². The van der Waals surface area contributed by atoms with Crippen molar-refractivity contribution in [1.82, 2.24) is 9.88 Å². The molecule has 3 heterocycles. The Balaban J connectivity index is 1.58. The highest BCUT2D eigenvalue weighted by Crippen LogP contribution is 2.22. The Bertz CT molecular complexity index is 596. The number of likely N-dealkylation sites (tertiary alicyclic amines) is 1. The van der Waals surface area contributed by atoms with Gasteiger partial charge in [0.1, 0.15) is 5.82 Å². The number of morpholine rings is 1. The third-order valence-electron chi connectivity index (χ3n) is 4.50. The minimum Gasteiger partial charge on any atom is -0.378 e. The van der Waals surface area contributed by atoms with Crippen molar-refractivity contribution in [1.29, 1.82) is 0 Å². The van der Waals surface area contributed by atoms with Gasteiger partial charge in [0.15, 0.2) is 0 Å². The van der Waals surface area contributed by atoms with Crippen molar-refractivity contribution >= 4 is 23.3 Å². The van der Waals surface area contributed by atoms with Gasteiger partial charge in [-0.25, -0.2) is 4.98 Å². The number of pyridine rings is 1. The Hall–Kier alpha value is -2.15. The molecule has 2 amide bonds. The molecule has 130 valence electrons. The molecule has 0 unspecified atom stereocenters. The fourth-order valence-electron chi connectivity index (χ4n) is 3.09. The van der Waals surface area contributed by atoms with E-state index in [2.05, 4.69) is 15.2 Å². The summed E-state index contributed by atoms with van der Waals surface area (Å²) < 4.78 is 5.33. The molecule has 1 aromatic rings. The Morgan fingerprint density at radius 3 is 2.67 bits per heavy atom. The van der Waals surface area contributed by atoms with Crippen LogP contribution in [0.1, 0.15) is 20.3 Å². The van der Waals surface area contributed by atoms with Gasteiger partial charge in [-0.3, -0.25) is 9.59 Å². The van der Waals surface area contributed by atoms with Crippen LogP contribution in [0.5, 0.6) is 0 Å². The molecule has 7 nitrogen and oxygen atoms in total. The third-order valence-corrected chi connectivity index (χ3v) is 4.50. The molecule has 1 atom stereocenters. The van der Waals surface area contributed by atoms with Crippen LogP contribution in [-0.2, 0) is 14.3 Å². The summed E-state index contributed by atoms with van der Waals surface area (Å²) in [5.74, 6) is 0.524. The van der Waals surface area contributed by atoms with Crippen LogP contribution in [0.4, 0.5) is 11.5 Å². The number of amides is 2. The van der Waals surface area contributed by atoms with E-state index in [0.29, 0.717) is 25.4 Å². The van der Waals surface area contributed by atoms with E-state index >= 15 is 0 Å². The second-order valence-electron chi connectivity index (χ2n) is 6.53. The Kier molecular flexibility index (Phi) is 4.99. The first-order valence-corrected chi connectivity index (χ1v) is 8.43. The standard InChI is InChI=1S/C17H24N4O3/c1-12(2)21-11-13(9-16(21)22)17(23)19-14-3-4-15(18-10-14)20-5-7-24-8-6-20/h3-4,10,12-13H,5-9,11H2,1-2H3,(H,19,23)/t13-/m1/s1. The predicted octanol–water partition coefficient (Wildman–Crippen LogP) is 1.11. The van der Waals surface area contributed by atoms with Gasteiger partial charge in [0.05, 0.1) is 31.0 Å². The van der Waals surface area contributed by atoms with Gasteiger partial charge in [-0.1, -0.05) is 0 Å². The van der Waals surface area contributed by atoms with Crippen LogP contribution < -0.4 is 10.2 Å². The highest BCUT2D eigenvalue weighted by atomic mass is 16.5. The van der Waals surface area contributed by atoms with Gasteiger partial charge in [0.25, 0.3) is 0 Å². The fourth-order valence-corrected chi connectivity index (χ4v) is 3.09. The van der Waals surface area contributed by atoms with Crippen LogP contribution in [0.3, 0.4) is 0 Å². The molecule has 7 heteroatoms. The summed E-state index contributed by atoms with van der Waals surface area (Å²) in [4.78, 5) is 32.6. The number of aromatic nitrogens is 1. The molecule has 2 aliphatic heterocycles. The quantitative estimate of drug-likeness (QED) is 0.894. The molecule has 0 aromatic carbocycles. The van der Waals surface area contributed by atoms with Crippen molar-refractivity contribution in [2.75, 3.05) is 43.1 Å². The van der Waals surface area contributed by atoms with E-state index in [1.807, 2.05) is 26.0 Å². The molecule has 24 heavy (non-hydrogen) atoms.